The number of carbonyl (C=O) groups excluding carboxylic acids is 1. The number of ether oxygens (including phenoxy) is 1. The summed E-state index contributed by atoms with van der Waals surface area (Å²) < 4.78 is 34.5. The van der Waals surface area contributed by atoms with Crippen molar-refractivity contribution >= 4 is 26.8 Å². The minimum atomic E-state index is -4.09. The van der Waals surface area contributed by atoms with Crippen molar-refractivity contribution in [1.82, 2.24) is 14.7 Å². The van der Waals surface area contributed by atoms with Gasteiger partial charge in [-0.15, -0.1) is 0 Å². The van der Waals surface area contributed by atoms with Crippen molar-refractivity contribution < 1.29 is 17.9 Å². The van der Waals surface area contributed by atoms with E-state index in [0.717, 1.165) is 11.4 Å². The van der Waals surface area contributed by atoms with Crippen molar-refractivity contribution in [2.24, 2.45) is 0 Å². The number of hydrogen-bond acceptors (Lipinski definition) is 6. The molecule has 1 aliphatic carbocycles. The number of carbonyl (C=O) groups is 1. The summed E-state index contributed by atoms with van der Waals surface area (Å²) in [4.78, 5) is 22.1. The third-order valence-corrected chi connectivity index (χ3v) is 6.78. The highest BCUT2D eigenvalue weighted by Crippen LogP contribution is 2.51. The maximum atomic E-state index is 13.2. The summed E-state index contributed by atoms with van der Waals surface area (Å²) in [5.74, 6) is -0.186. The van der Waals surface area contributed by atoms with Gasteiger partial charge < -0.3 is 4.74 Å². The summed E-state index contributed by atoms with van der Waals surface area (Å²) in [5, 5.41) is 0.471. The highest BCUT2D eigenvalue weighted by Gasteiger charge is 2.54. The van der Waals surface area contributed by atoms with E-state index in [1.807, 2.05) is 39.8 Å². The molecule has 1 N–H and O–H groups in total. The van der Waals surface area contributed by atoms with Crippen LogP contribution in [0.1, 0.15) is 43.6 Å². The number of nitrogens with zero attached hydrogens (tertiary/aromatic N) is 2. The maximum absolute atomic E-state index is 13.2. The fourth-order valence-corrected chi connectivity index (χ4v) is 4.96. The summed E-state index contributed by atoms with van der Waals surface area (Å²) in [6, 6.07) is 11.9. The Hall–Kier alpha value is -3.00. The molecule has 1 aliphatic rings. The van der Waals surface area contributed by atoms with Gasteiger partial charge in [-0.05, 0) is 70.9 Å². The van der Waals surface area contributed by atoms with Gasteiger partial charge in [0.15, 0.2) is 0 Å². The van der Waals surface area contributed by atoms with Crippen LogP contribution in [0.4, 0.5) is 0 Å². The van der Waals surface area contributed by atoms with E-state index in [9.17, 15) is 13.2 Å². The smallest absolute Gasteiger partial charge is 0.264 e. The quantitative estimate of drug-likeness (QED) is 0.630. The molecule has 0 radical (unpaired) electrons. The Morgan fingerprint density at radius 1 is 1.03 bits per heavy atom. The predicted molar refractivity (Wildman–Crippen MR) is 117 cm³/mol. The zero-order valence-corrected chi connectivity index (χ0v) is 18.8. The number of nitrogens with one attached hydrogen (secondary N) is 1. The Kier molecular flexibility index (Phi) is 5.21. The fourth-order valence-electron chi connectivity index (χ4n) is 3.69. The van der Waals surface area contributed by atoms with Gasteiger partial charge in [0.25, 0.3) is 10.0 Å². The van der Waals surface area contributed by atoms with Gasteiger partial charge in [-0.1, -0.05) is 12.1 Å². The average Bonchev–Trinajstić information content (AvgIpc) is 3.48. The summed E-state index contributed by atoms with van der Waals surface area (Å²) in [7, 11) is -4.09. The van der Waals surface area contributed by atoms with Crippen LogP contribution in [0.2, 0.25) is 0 Å². The van der Waals surface area contributed by atoms with Crippen molar-refractivity contribution in [3.8, 4) is 5.88 Å². The number of rotatable bonds is 6. The van der Waals surface area contributed by atoms with Gasteiger partial charge in [0, 0.05) is 22.3 Å². The number of hydrogen-bond donors (Lipinski definition) is 1. The topological polar surface area (TPSA) is 98.2 Å². The van der Waals surface area contributed by atoms with Crippen LogP contribution in [0.5, 0.6) is 5.88 Å². The van der Waals surface area contributed by atoms with Gasteiger partial charge in [-0.2, -0.15) is 0 Å². The zero-order valence-electron chi connectivity index (χ0n) is 18.0. The first-order valence-corrected chi connectivity index (χ1v) is 11.7. The highest BCUT2D eigenvalue weighted by molar-refractivity contribution is 7.90. The monoisotopic (exact) mass is 439 g/mol. The number of sulfonamides is 1. The first-order valence-electron chi connectivity index (χ1n) is 10.2. The second-order valence-electron chi connectivity index (χ2n) is 8.26. The number of aromatic nitrogens is 2. The molecule has 1 amide bonds. The van der Waals surface area contributed by atoms with E-state index >= 15 is 0 Å². The third kappa shape index (κ3) is 3.99. The van der Waals surface area contributed by atoms with Crippen LogP contribution in [0.25, 0.3) is 10.9 Å². The van der Waals surface area contributed by atoms with Crippen molar-refractivity contribution in [2.45, 2.75) is 57.0 Å². The molecule has 0 saturated heterocycles. The van der Waals surface area contributed by atoms with Crippen LogP contribution in [-0.4, -0.2) is 30.4 Å². The van der Waals surface area contributed by atoms with Gasteiger partial charge in [0.2, 0.25) is 11.8 Å². The molecule has 162 valence electrons. The molecule has 0 aliphatic heterocycles. The van der Waals surface area contributed by atoms with E-state index in [1.54, 1.807) is 24.3 Å². The van der Waals surface area contributed by atoms with E-state index < -0.39 is 21.3 Å². The Morgan fingerprint density at radius 2 is 1.71 bits per heavy atom. The van der Waals surface area contributed by atoms with Gasteiger partial charge in [-0.3, -0.25) is 9.78 Å². The normalized spacial score (nSPS) is 15.1. The van der Waals surface area contributed by atoms with E-state index in [1.165, 1.54) is 6.07 Å². The van der Waals surface area contributed by atoms with Gasteiger partial charge >= 0.3 is 0 Å². The molecular formula is C23H25N3O4S. The first kappa shape index (κ1) is 21.2. The Labute approximate surface area is 181 Å². The summed E-state index contributed by atoms with van der Waals surface area (Å²) in [6.07, 6.45) is 0.940. The van der Waals surface area contributed by atoms with Crippen LogP contribution in [0.3, 0.4) is 0 Å². The van der Waals surface area contributed by atoms with E-state index in [4.69, 9.17) is 4.74 Å². The van der Waals surface area contributed by atoms with Gasteiger partial charge in [0.05, 0.1) is 21.9 Å². The minimum absolute atomic E-state index is 0.0299. The van der Waals surface area contributed by atoms with Crippen LogP contribution in [0.15, 0.2) is 47.4 Å². The molecule has 0 atom stereocenters. The molecule has 3 aromatic rings. The number of pyridine rings is 2. The molecule has 2 heterocycles. The molecule has 7 nitrogen and oxygen atoms in total. The van der Waals surface area contributed by atoms with Crippen molar-refractivity contribution in [2.75, 3.05) is 0 Å². The highest BCUT2D eigenvalue weighted by atomic mass is 32.2. The summed E-state index contributed by atoms with van der Waals surface area (Å²) in [5.41, 5.74) is 1.77. The number of fused-ring (bicyclic) bond motifs is 1. The number of benzene rings is 1. The predicted octanol–water partition coefficient (Wildman–Crippen LogP) is 3.57. The number of aryl methyl sites for hydroxylation is 2. The SMILES string of the molecule is Cc1ccc(C2(C(=O)NS(=O)(=O)c3cccc4nc(C)ccc34)CC2)c(OC(C)C)n1. The largest absolute Gasteiger partial charge is 0.475 e. The Morgan fingerprint density at radius 3 is 2.39 bits per heavy atom. The lowest BCUT2D eigenvalue weighted by Crippen LogP contribution is -2.39. The van der Waals surface area contributed by atoms with E-state index in [0.29, 0.717) is 35.2 Å². The Bertz CT molecular complexity index is 1280. The van der Waals surface area contributed by atoms with Gasteiger partial charge in [-0.25, -0.2) is 18.1 Å². The lowest BCUT2D eigenvalue weighted by molar-refractivity contribution is -0.121. The maximum Gasteiger partial charge on any atom is 0.264 e. The van der Waals surface area contributed by atoms with Crippen LogP contribution < -0.4 is 9.46 Å². The molecule has 8 heteroatoms. The van der Waals surface area contributed by atoms with E-state index in [-0.39, 0.29) is 11.0 Å². The first-order chi connectivity index (χ1) is 14.6. The van der Waals surface area contributed by atoms with Gasteiger partial charge in [0.1, 0.15) is 0 Å². The average molecular weight is 440 g/mol. The number of amides is 1. The molecule has 2 aromatic heterocycles. The summed E-state index contributed by atoms with van der Waals surface area (Å²) in [6.45, 7) is 7.45. The lowest BCUT2D eigenvalue weighted by atomic mass is 9.96. The lowest BCUT2D eigenvalue weighted by Gasteiger charge is -2.20. The van der Waals surface area contributed by atoms with Crippen molar-refractivity contribution in [1.29, 1.82) is 0 Å². The molecule has 1 fully saturated rings. The molecule has 0 bridgehead atoms. The molecule has 0 unspecified atom stereocenters. The minimum Gasteiger partial charge on any atom is -0.475 e. The van der Waals surface area contributed by atoms with Crippen LogP contribution in [0, 0.1) is 13.8 Å². The van der Waals surface area contributed by atoms with E-state index in [2.05, 4.69) is 14.7 Å². The van der Waals surface area contributed by atoms with Crippen LogP contribution >= 0.6 is 0 Å². The Balaban J connectivity index is 1.69. The zero-order chi connectivity index (χ0) is 22.4. The van der Waals surface area contributed by atoms with Crippen LogP contribution in [-0.2, 0) is 20.2 Å². The molecular weight excluding hydrogens is 414 g/mol. The standard InChI is InChI=1S/C23H25N3O4S/c1-14(2)30-21-18(11-9-16(4)25-21)23(12-13-23)22(27)26-31(28,29)20-7-5-6-19-17(20)10-8-15(3)24-19/h5-11,14H,12-13H2,1-4H3,(H,26,27). The fraction of sp³-hybridized carbons (Fsp3) is 0.348. The second kappa shape index (κ2) is 7.60. The molecule has 31 heavy (non-hydrogen) atoms. The molecule has 4 rings (SSSR count). The molecule has 0 spiro atoms. The van der Waals surface area contributed by atoms with Crippen molar-refractivity contribution in [3.63, 3.8) is 0 Å². The van der Waals surface area contributed by atoms with Crippen molar-refractivity contribution in [3.05, 3.63) is 59.4 Å². The molecule has 1 aromatic carbocycles. The third-order valence-electron chi connectivity index (χ3n) is 5.39. The summed E-state index contributed by atoms with van der Waals surface area (Å²) >= 11 is 0. The second-order valence-corrected chi connectivity index (χ2v) is 9.91. The molecule has 1 saturated carbocycles.